The number of likely N-dealkylation sites (N-methyl/N-ethyl adjacent to an activating group) is 1. The van der Waals surface area contributed by atoms with Gasteiger partial charge in [0.2, 0.25) is 5.91 Å². The highest BCUT2D eigenvalue weighted by molar-refractivity contribution is 5.78. The normalized spacial score (nSPS) is 17.7. The van der Waals surface area contributed by atoms with E-state index >= 15 is 0 Å². The minimum absolute atomic E-state index is 0.124. The number of hydrogen-bond donors (Lipinski definition) is 2. The molecule has 4 heteroatoms. The van der Waals surface area contributed by atoms with Crippen LogP contribution in [0.4, 0.5) is 0 Å². The summed E-state index contributed by atoms with van der Waals surface area (Å²) >= 11 is 0. The van der Waals surface area contributed by atoms with Crippen LogP contribution in [-0.4, -0.2) is 50.1 Å². The number of rotatable bonds is 6. The lowest BCUT2D eigenvalue weighted by molar-refractivity contribution is -0.122. The largest absolute Gasteiger partial charge is 0.354 e. The quantitative estimate of drug-likeness (QED) is 0.836. The second kappa shape index (κ2) is 8.15. The number of benzene rings is 1. The molecule has 2 rings (SSSR count). The molecule has 0 aliphatic carbocycles. The van der Waals surface area contributed by atoms with Gasteiger partial charge in [0, 0.05) is 12.6 Å². The lowest BCUT2D eigenvalue weighted by Crippen LogP contribution is -2.45. The third kappa shape index (κ3) is 5.14. The predicted octanol–water partition coefficient (Wildman–Crippen LogP) is 1.59. The van der Waals surface area contributed by atoms with E-state index in [0.717, 1.165) is 25.9 Å². The van der Waals surface area contributed by atoms with Gasteiger partial charge in [-0.25, -0.2) is 0 Å². The number of nitrogens with one attached hydrogen (secondary N) is 2. The fourth-order valence-corrected chi connectivity index (χ4v) is 2.83. The fourth-order valence-electron chi connectivity index (χ4n) is 2.83. The molecule has 2 N–H and O–H groups in total. The van der Waals surface area contributed by atoms with Crippen molar-refractivity contribution in [2.45, 2.75) is 31.7 Å². The average molecular weight is 289 g/mol. The molecule has 1 aliphatic heterocycles. The van der Waals surface area contributed by atoms with E-state index in [1.54, 1.807) is 0 Å². The maximum absolute atomic E-state index is 12.1. The Bertz CT molecular complexity index is 429. The lowest BCUT2D eigenvalue weighted by Gasteiger charge is -2.31. The lowest BCUT2D eigenvalue weighted by atomic mass is 10.0. The molecule has 21 heavy (non-hydrogen) atoms. The molecule has 0 bridgehead atoms. The van der Waals surface area contributed by atoms with Gasteiger partial charge in [0.15, 0.2) is 0 Å². The molecule has 1 heterocycles. The first-order chi connectivity index (χ1) is 10.2. The standard InChI is InChI=1S/C17H27N3O/c1-14(15-6-4-3-5-7-15)12-19-17(21)13-20(2)16-8-10-18-11-9-16/h3-7,14,16,18H,8-13H2,1-2H3,(H,19,21). The SMILES string of the molecule is CC(CNC(=O)CN(C)C1CCNCC1)c1ccccc1. The van der Waals surface area contributed by atoms with E-state index in [0.29, 0.717) is 25.0 Å². The Hall–Kier alpha value is -1.39. The second-order valence-electron chi connectivity index (χ2n) is 6.01. The van der Waals surface area contributed by atoms with Gasteiger partial charge in [-0.05, 0) is 44.5 Å². The number of hydrogen-bond acceptors (Lipinski definition) is 3. The van der Waals surface area contributed by atoms with Crippen LogP contribution < -0.4 is 10.6 Å². The summed E-state index contributed by atoms with van der Waals surface area (Å²) in [4.78, 5) is 14.2. The first-order valence-corrected chi connectivity index (χ1v) is 7.89. The highest BCUT2D eigenvalue weighted by Crippen LogP contribution is 2.13. The van der Waals surface area contributed by atoms with Gasteiger partial charge >= 0.3 is 0 Å². The maximum atomic E-state index is 12.1. The molecule has 1 amide bonds. The minimum atomic E-state index is 0.124. The first kappa shape index (κ1) is 16.0. The van der Waals surface area contributed by atoms with Crippen LogP contribution in [0.5, 0.6) is 0 Å². The average Bonchev–Trinajstić information content (AvgIpc) is 2.54. The third-order valence-electron chi connectivity index (χ3n) is 4.30. The summed E-state index contributed by atoms with van der Waals surface area (Å²) < 4.78 is 0. The zero-order valence-corrected chi connectivity index (χ0v) is 13.1. The van der Waals surface area contributed by atoms with E-state index in [1.807, 2.05) is 18.2 Å². The van der Waals surface area contributed by atoms with Gasteiger partial charge in [-0.3, -0.25) is 9.69 Å². The summed E-state index contributed by atoms with van der Waals surface area (Å²) in [6.45, 7) is 5.45. The first-order valence-electron chi connectivity index (χ1n) is 7.89. The summed E-state index contributed by atoms with van der Waals surface area (Å²) in [5.41, 5.74) is 1.27. The molecule has 1 aliphatic rings. The Balaban J connectivity index is 1.71. The maximum Gasteiger partial charge on any atom is 0.234 e. The molecule has 116 valence electrons. The number of piperidine rings is 1. The van der Waals surface area contributed by atoms with E-state index in [1.165, 1.54) is 5.56 Å². The van der Waals surface area contributed by atoms with Crippen LogP contribution >= 0.6 is 0 Å². The molecular formula is C17H27N3O. The Labute approximate surface area is 127 Å². The van der Waals surface area contributed by atoms with Crippen LogP contribution in [0.1, 0.15) is 31.2 Å². The van der Waals surface area contributed by atoms with Gasteiger partial charge < -0.3 is 10.6 Å². The van der Waals surface area contributed by atoms with Crippen molar-refractivity contribution in [3.8, 4) is 0 Å². The van der Waals surface area contributed by atoms with E-state index < -0.39 is 0 Å². The summed E-state index contributed by atoms with van der Waals surface area (Å²) in [7, 11) is 2.05. The number of carbonyl (C=O) groups is 1. The molecule has 0 aromatic heterocycles. The van der Waals surface area contributed by atoms with Crippen LogP contribution in [0, 0.1) is 0 Å². The third-order valence-corrected chi connectivity index (χ3v) is 4.30. The zero-order valence-electron chi connectivity index (χ0n) is 13.1. The molecule has 0 radical (unpaired) electrons. The van der Waals surface area contributed by atoms with Crippen molar-refractivity contribution in [2.75, 3.05) is 33.2 Å². The Morgan fingerprint density at radius 2 is 2.00 bits per heavy atom. The van der Waals surface area contributed by atoms with E-state index in [4.69, 9.17) is 0 Å². The van der Waals surface area contributed by atoms with E-state index in [2.05, 4.69) is 41.6 Å². The van der Waals surface area contributed by atoms with Gasteiger partial charge in [0.05, 0.1) is 6.54 Å². The van der Waals surface area contributed by atoms with Crippen molar-refractivity contribution in [1.29, 1.82) is 0 Å². The van der Waals surface area contributed by atoms with Gasteiger partial charge in [-0.1, -0.05) is 37.3 Å². The molecule has 1 aromatic carbocycles. The molecule has 0 spiro atoms. The van der Waals surface area contributed by atoms with Gasteiger partial charge in [0.1, 0.15) is 0 Å². The molecule has 4 nitrogen and oxygen atoms in total. The molecule has 0 saturated carbocycles. The van der Waals surface area contributed by atoms with Crippen LogP contribution in [0.2, 0.25) is 0 Å². The Morgan fingerprint density at radius 3 is 2.67 bits per heavy atom. The van der Waals surface area contributed by atoms with Crippen LogP contribution in [-0.2, 0) is 4.79 Å². The van der Waals surface area contributed by atoms with E-state index in [-0.39, 0.29) is 5.91 Å². The molecule has 1 atom stereocenters. The number of amides is 1. The van der Waals surface area contributed by atoms with Crippen molar-refractivity contribution in [1.82, 2.24) is 15.5 Å². The van der Waals surface area contributed by atoms with Crippen molar-refractivity contribution < 1.29 is 4.79 Å². The highest BCUT2D eigenvalue weighted by Gasteiger charge is 2.19. The minimum Gasteiger partial charge on any atom is -0.354 e. The highest BCUT2D eigenvalue weighted by atomic mass is 16.2. The van der Waals surface area contributed by atoms with Gasteiger partial charge in [0.25, 0.3) is 0 Å². The van der Waals surface area contributed by atoms with E-state index in [9.17, 15) is 4.79 Å². The number of nitrogens with zero attached hydrogens (tertiary/aromatic N) is 1. The molecular weight excluding hydrogens is 262 g/mol. The van der Waals surface area contributed by atoms with Crippen LogP contribution in [0.3, 0.4) is 0 Å². The summed E-state index contributed by atoms with van der Waals surface area (Å²) in [6, 6.07) is 10.8. The van der Waals surface area contributed by atoms with Crippen LogP contribution in [0.25, 0.3) is 0 Å². The zero-order chi connectivity index (χ0) is 15.1. The van der Waals surface area contributed by atoms with Crippen molar-refractivity contribution in [3.05, 3.63) is 35.9 Å². The van der Waals surface area contributed by atoms with Crippen molar-refractivity contribution in [2.24, 2.45) is 0 Å². The summed E-state index contributed by atoms with van der Waals surface area (Å²) in [5.74, 6) is 0.471. The molecule has 1 saturated heterocycles. The Kier molecular flexibility index (Phi) is 6.21. The Morgan fingerprint density at radius 1 is 1.33 bits per heavy atom. The fraction of sp³-hybridized carbons (Fsp3) is 0.588. The molecule has 1 unspecified atom stereocenters. The summed E-state index contributed by atoms with van der Waals surface area (Å²) in [5, 5.41) is 6.41. The molecule has 1 fully saturated rings. The van der Waals surface area contributed by atoms with Crippen molar-refractivity contribution in [3.63, 3.8) is 0 Å². The predicted molar refractivity (Wildman–Crippen MR) is 86.4 cm³/mol. The van der Waals surface area contributed by atoms with Gasteiger partial charge in [-0.15, -0.1) is 0 Å². The molecule has 1 aromatic rings. The number of carbonyl (C=O) groups excluding carboxylic acids is 1. The smallest absolute Gasteiger partial charge is 0.234 e. The van der Waals surface area contributed by atoms with Gasteiger partial charge in [-0.2, -0.15) is 0 Å². The topological polar surface area (TPSA) is 44.4 Å². The summed E-state index contributed by atoms with van der Waals surface area (Å²) in [6.07, 6.45) is 2.26. The van der Waals surface area contributed by atoms with Crippen LogP contribution in [0.15, 0.2) is 30.3 Å². The van der Waals surface area contributed by atoms with Crippen molar-refractivity contribution >= 4 is 5.91 Å². The monoisotopic (exact) mass is 289 g/mol. The second-order valence-corrected chi connectivity index (χ2v) is 6.01.